The number of hydrogen-bond acceptors (Lipinski definition) is 5. The summed E-state index contributed by atoms with van der Waals surface area (Å²) in [5, 5.41) is 18.9. The number of methoxy groups -OCH3 is 2. The third-order valence-corrected chi connectivity index (χ3v) is 3.05. The van der Waals surface area contributed by atoms with Crippen molar-refractivity contribution in [1.29, 1.82) is 0 Å². The van der Waals surface area contributed by atoms with E-state index in [-0.39, 0.29) is 11.5 Å². The molecule has 0 aliphatic heterocycles. The van der Waals surface area contributed by atoms with Crippen LogP contribution in [-0.2, 0) is 4.74 Å². The molecule has 2 rings (SSSR count). The van der Waals surface area contributed by atoms with E-state index in [9.17, 15) is 10.2 Å². The van der Waals surface area contributed by atoms with E-state index in [4.69, 9.17) is 14.2 Å². The van der Waals surface area contributed by atoms with E-state index >= 15 is 0 Å². The zero-order chi connectivity index (χ0) is 17.2. The Hall–Kier alpha value is -2.40. The Labute approximate surface area is 137 Å². The highest BCUT2D eigenvalue weighted by Crippen LogP contribution is 2.41. The molecule has 0 saturated heterocycles. The Morgan fingerprint density at radius 1 is 0.783 bits per heavy atom. The van der Waals surface area contributed by atoms with Crippen LogP contribution < -0.4 is 9.47 Å². The average molecular weight is 320 g/mol. The molecule has 0 heterocycles. The third-order valence-electron chi connectivity index (χ3n) is 3.05. The van der Waals surface area contributed by atoms with Crippen LogP contribution in [0.3, 0.4) is 0 Å². The maximum atomic E-state index is 9.57. The van der Waals surface area contributed by atoms with Crippen LogP contribution in [0.2, 0.25) is 0 Å². The van der Waals surface area contributed by atoms with Crippen LogP contribution in [0, 0.1) is 0 Å². The maximum absolute atomic E-state index is 9.57. The lowest BCUT2D eigenvalue weighted by atomic mass is 10.0. The van der Waals surface area contributed by atoms with Gasteiger partial charge in [0, 0.05) is 25.3 Å². The van der Waals surface area contributed by atoms with Crippen molar-refractivity contribution >= 4 is 0 Å². The van der Waals surface area contributed by atoms with E-state index in [2.05, 4.69) is 0 Å². The van der Waals surface area contributed by atoms with Gasteiger partial charge in [-0.05, 0) is 31.5 Å². The first-order chi connectivity index (χ1) is 11.1. The van der Waals surface area contributed by atoms with Crippen molar-refractivity contribution in [3.63, 3.8) is 0 Å². The lowest BCUT2D eigenvalue weighted by Gasteiger charge is -2.14. The summed E-state index contributed by atoms with van der Waals surface area (Å²) in [7, 11) is 3.05. The summed E-state index contributed by atoms with van der Waals surface area (Å²) in [6.45, 7) is 5.67. The molecule has 0 aliphatic carbocycles. The second kappa shape index (κ2) is 9.58. The minimum Gasteiger partial charge on any atom is -0.508 e. The van der Waals surface area contributed by atoms with Crippen LogP contribution in [0.5, 0.6) is 23.0 Å². The Morgan fingerprint density at radius 3 is 1.61 bits per heavy atom. The summed E-state index contributed by atoms with van der Waals surface area (Å²) in [5.41, 5.74) is 1.57. The molecule has 2 N–H and O–H groups in total. The molecule has 2 aromatic carbocycles. The first-order valence-corrected chi connectivity index (χ1v) is 7.39. The van der Waals surface area contributed by atoms with Gasteiger partial charge in [0.25, 0.3) is 0 Å². The Balaban J connectivity index is 0.000000463. The number of benzene rings is 2. The zero-order valence-electron chi connectivity index (χ0n) is 14.0. The van der Waals surface area contributed by atoms with Crippen LogP contribution in [0.25, 0.3) is 11.1 Å². The highest BCUT2D eigenvalue weighted by Gasteiger charge is 2.14. The highest BCUT2D eigenvalue weighted by molar-refractivity contribution is 5.78. The molecule has 0 radical (unpaired) electrons. The molecule has 0 aliphatic rings. The van der Waals surface area contributed by atoms with Gasteiger partial charge in [-0.1, -0.05) is 12.1 Å². The Morgan fingerprint density at radius 2 is 1.26 bits per heavy atom. The Kier molecular flexibility index (Phi) is 7.77. The van der Waals surface area contributed by atoms with Gasteiger partial charge in [-0.15, -0.1) is 0 Å². The van der Waals surface area contributed by atoms with E-state index in [1.807, 2.05) is 13.8 Å². The number of phenolic OH excluding ortho intramolecular Hbond substituents is 2. The van der Waals surface area contributed by atoms with Crippen LogP contribution >= 0.6 is 0 Å². The monoisotopic (exact) mass is 320 g/mol. The van der Waals surface area contributed by atoms with Crippen LogP contribution in [0.1, 0.15) is 13.8 Å². The van der Waals surface area contributed by atoms with Gasteiger partial charge in [0.1, 0.15) is 23.0 Å². The van der Waals surface area contributed by atoms with Crippen LogP contribution in [-0.4, -0.2) is 37.6 Å². The number of phenols is 2. The second-order valence-electron chi connectivity index (χ2n) is 4.55. The highest BCUT2D eigenvalue weighted by atomic mass is 16.5. The first-order valence-electron chi connectivity index (χ1n) is 7.39. The molecule has 0 bridgehead atoms. The zero-order valence-corrected chi connectivity index (χ0v) is 14.0. The van der Waals surface area contributed by atoms with Crippen LogP contribution in [0.15, 0.2) is 36.4 Å². The number of hydrogen-bond donors (Lipinski definition) is 2. The minimum absolute atomic E-state index is 0.0752. The van der Waals surface area contributed by atoms with Gasteiger partial charge in [-0.25, -0.2) is 0 Å². The summed E-state index contributed by atoms with van der Waals surface area (Å²) in [6.07, 6.45) is 0. The first kappa shape index (κ1) is 18.6. The van der Waals surface area contributed by atoms with Crippen molar-refractivity contribution in [2.24, 2.45) is 0 Å². The van der Waals surface area contributed by atoms with Crippen molar-refractivity contribution in [3.05, 3.63) is 36.4 Å². The topological polar surface area (TPSA) is 68.2 Å². The second-order valence-corrected chi connectivity index (χ2v) is 4.55. The molecule has 126 valence electrons. The summed E-state index contributed by atoms with van der Waals surface area (Å²) >= 11 is 0. The molecule has 2 aromatic rings. The molecule has 0 unspecified atom stereocenters. The largest absolute Gasteiger partial charge is 0.508 e. The summed E-state index contributed by atoms with van der Waals surface area (Å²) in [6, 6.07) is 9.72. The van der Waals surface area contributed by atoms with Gasteiger partial charge >= 0.3 is 0 Å². The summed E-state index contributed by atoms with van der Waals surface area (Å²) in [4.78, 5) is 0. The normalized spacial score (nSPS) is 9.74. The summed E-state index contributed by atoms with van der Waals surface area (Å²) < 4.78 is 15.3. The summed E-state index contributed by atoms with van der Waals surface area (Å²) in [5.74, 6) is 1.29. The molecule has 0 amide bonds. The molecule has 0 spiro atoms. The fourth-order valence-electron chi connectivity index (χ4n) is 2.01. The van der Waals surface area contributed by atoms with Gasteiger partial charge in [-0.3, -0.25) is 0 Å². The molecular weight excluding hydrogens is 296 g/mol. The van der Waals surface area contributed by atoms with Crippen molar-refractivity contribution in [1.82, 2.24) is 0 Å². The van der Waals surface area contributed by atoms with Gasteiger partial charge in [0.05, 0.1) is 19.8 Å². The molecule has 5 heteroatoms. The predicted octanol–water partition coefficient (Wildman–Crippen LogP) is 3.82. The molecule has 5 nitrogen and oxygen atoms in total. The van der Waals surface area contributed by atoms with Crippen molar-refractivity contribution in [2.45, 2.75) is 13.8 Å². The fourth-order valence-corrected chi connectivity index (χ4v) is 2.01. The third kappa shape index (κ3) is 5.38. The molecule has 0 saturated carbocycles. The molecule has 0 atom stereocenters. The van der Waals surface area contributed by atoms with Crippen molar-refractivity contribution in [2.75, 3.05) is 27.4 Å². The molecule has 0 aromatic heterocycles. The van der Waals surface area contributed by atoms with E-state index in [1.54, 1.807) is 24.3 Å². The fraction of sp³-hybridized carbons (Fsp3) is 0.333. The quantitative estimate of drug-likeness (QED) is 0.876. The SMILES string of the molecule is CCOCC.COc1cc(O)cc(OC)c1-c1ccc(O)cc1. The predicted molar refractivity (Wildman–Crippen MR) is 90.5 cm³/mol. The van der Waals surface area contributed by atoms with E-state index < -0.39 is 0 Å². The minimum atomic E-state index is 0.0752. The Bertz CT molecular complexity index is 566. The van der Waals surface area contributed by atoms with Crippen molar-refractivity contribution in [3.8, 4) is 34.1 Å². The lowest BCUT2D eigenvalue weighted by molar-refractivity contribution is 0.162. The standard InChI is InChI=1S/C14H14O4.C4H10O/c1-17-12-7-11(16)8-13(18-2)14(12)9-3-5-10(15)6-4-9;1-3-5-4-2/h3-8,15-16H,1-2H3;3-4H2,1-2H3. The van der Waals surface area contributed by atoms with Crippen LogP contribution in [0.4, 0.5) is 0 Å². The van der Waals surface area contributed by atoms with E-state index in [1.165, 1.54) is 26.4 Å². The van der Waals surface area contributed by atoms with Crippen molar-refractivity contribution < 1.29 is 24.4 Å². The maximum Gasteiger partial charge on any atom is 0.134 e. The smallest absolute Gasteiger partial charge is 0.134 e. The number of aromatic hydroxyl groups is 2. The molecule has 23 heavy (non-hydrogen) atoms. The van der Waals surface area contributed by atoms with E-state index in [0.717, 1.165) is 24.3 Å². The molecule has 0 fully saturated rings. The molecular formula is C18H24O5. The van der Waals surface area contributed by atoms with E-state index in [0.29, 0.717) is 11.5 Å². The van der Waals surface area contributed by atoms with Gasteiger partial charge < -0.3 is 24.4 Å². The van der Waals surface area contributed by atoms with Gasteiger partial charge in [0.2, 0.25) is 0 Å². The number of ether oxygens (including phenoxy) is 3. The number of rotatable bonds is 5. The van der Waals surface area contributed by atoms with Gasteiger partial charge in [0.15, 0.2) is 0 Å². The van der Waals surface area contributed by atoms with Gasteiger partial charge in [-0.2, -0.15) is 0 Å². The lowest BCUT2D eigenvalue weighted by Crippen LogP contribution is -1.93. The average Bonchev–Trinajstić information content (AvgIpc) is 2.56.